The zero-order valence-electron chi connectivity index (χ0n) is 13.9. The zero-order valence-corrected chi connectivity index (χ0v) is 16.3. The predicted octanol–water partition coefficient (Wildman–Crippen LogP) is 3.69. The maximum Gasteiger partial charge on any atom is 0.190 e. The molecule has 0 saturated heterocycles. The van der Waals surface area contributed by atoms with Crippen LogP contribution in [0.3, 0.4) is 0 Å². The van der Waals surface area contributed by atoms with Crippen molar-refractivity contribution in [2.24, 2.45) is 4.99 Å². The summed E-state index contributed by atoms with van der Waals surface area (Å²) in [6, 6.07) is 5.19. The van der Waals surface area contributed by atoms with Gasteiger partial charge in [0.1, 0.15) is 5.82 Å². The highest BCUT2D eigenvalue weighted by Gasteiger charge is 2.04. The molecule has 7 heteroatoms. The van der Waals surface area contributed by atoms with Crippen LogP contribution in [0.2, 0.25) is 0 Å². The van der Waals surface area contributed by atoms with Crippen LogP contribution in [0.15, 0.2) is 33.0 Å². The van der Waals surface area contributed by atoms with E-state index in [2.05, 4.69) is 41.9 Å². The van der Waals surface area contributed by atoms with Crippen molar-refractivity contribution in [1.82, 2.24) is 15.6 Å². The molecule has 1 heterocycles. The number of benzene rings is 1. The molecule has 1 aromatic carbocycles. The van der Waals surface area contributed by atoms with Crippen LogP contribution < -0.4 is 10.6 Å². The fraction of sp³-hybridized carbons (Fsp3) is 0.412. The Morgan fingerprint density at radius 3 is 2.75 bits per heavy atom. The van der Waals surface area contributed by atoms with Crippen molar-refractivity contribution >= 4 is 33.2 Å². The van der Waals surface area contributed by atoms with Crippen LogP contribution in [-0.4, -0.2) is 31.1 Å². The van der Waals surface area contributed by atoms with Crippen molar-refractivity contribution in [1.29, 1.82) is 0 Å². The van der Waals surface area contributed by atoms with Crippen LogP contribution in [0.5, 0.6) is 0 Å². The Balaban J connectivity index is 1.66. The smallest absolute Gasteiger partial charge is 0.190 e. The largest absolute Gasteiger partial charge is 0.356 e. The molecule has 0 atom stereocenters. The SMILES string of the molecule is CN=C(NCCCc1ccc(Br)cc1F)NCCc1csc(C)n1. The summed E-state index contributed by atoms with van der Waals surface area (Å²) in [5, 5.41) is 9.69. The van der Waals surface area contributed by atoms with Crippen LogP contribution >= 0.6 is 27.3 Å². The number of thiazole rings is 1. The van der Waals surface area contributed by atoms with Gasteiger partial charge in [-0.3, -0.25) is 4.99 Å². The van der Waals surface area contributed by atoms with Gasteiger partial charge in [-0.2, -0.15) is 0 Å². The quantitative estimate of drug-likeness (QED) is 0.414. The second kappa shape index (κ2) is 9.74. The third kappa shape index (κ3) is 6.20. The summed E-state index contributed by atoms with van der Waals surface area (Å²) in [5.74, 6) is 0.601. The first-order valence-corrected chi connectivity index (χ1v) is 9.55. The number of nitrogens with zero attached hydrogens (tertiary/aromatic N) is 2. The molecule has 0 spiro atoms. The number of nitrogens with one attached hydrogen (secondary N) is 2. The first-order valence-electron chi connectivity index (χ1n) is 7.88. The van der Waals surface area contributed by atoms with E-state index in [1.54, 1.807) is 18.4 Å². The highest BCUT2D eigenvalue weighted by atomic mass is 79.9. The molecule has 24 heavy (non-hydrogen) atoms. The molecular formula is C17H22BrFN4S. The molecule has 2 N–H and O–H groups in total. The number of aromatic nitrogens is 1. The minimum atomic E-state index is -0.162. The number of aliphatic imine (C=N–C) groups is 1. The molecule has 2 aromatic rings. The van der Waals surface area contributed by atoms with Gasteiger partial charge >= 0.3 is 0 Å². The Hall–Kier alpha value is -1.47. The molecule has 2 rings (SSSR count). The minimum Gasteiger partial charge on any atom is -0.356 e. The van der Waals surface area contributed by atoms with Gasteiger partial charge in [0.2, 0.25) is 0 Å². The van der Waals surface area contributed by atoms with Crippen LogP contribution in [0.25, 0.3) is 0 Å². The lowest BCUT2D eigenvalue weighted by Gasteiger charge is -2.11. The lowest BCUT2D eigenvalue weighted by molar-refractivity contribution is 0.602. The van der Waals surface area contributed by atoms with Crippen molar-refractivity contribution in [2.45, 2.75) is 26.2 Å². The normalized spacial score (nSPS) is 11.6. The average molecular weight is 413 g/mol. The molecule has 0 unspecified atom stereocenters. The number of aryl methyl sites for hydroxylation is 2. The molecule has 0 aliphatic rings. The molecule has 0 aliphatic carbocycles. The number of rotatable bonds is 7. The molecule has 0 bridgehead atoms. The van der Waals surface area contributed by atoms with E-state index in [0.29, 0.717) is 6.42 Å². The fourth-order valence-corrected chi connectivity index (χ4v) is 3.24. The molecule has 0 amide bonds. The summed E-state index contributed by atoms with van der Waals surface area (Å²) in [6.45, 7) is 3.53. The number of hydrogen-bond donors (Lipinski definition) is 2. The minimum absolute atomic E-state index is 0.162. The first-order chi connectivity index (χ1) is 11.6. The fourth-order valence-electron chi connectivity index (χ4n) is 2.26. The molecule has 1 aromatic heterocycles. The van der Waals surface area contributed by atoms with E-state index in [9.17, 15) is 4.39 Å². The maximum atomic E-state index is 13.7. The zero-order chi connectivity index (χ0) is 17.4. The van der Waals surface area contributed by atoms with E-state index in [1.165, 1.54) is 6.07 Å². The second-order valence-electron chi connectivity index (χ2n) is 5.37. The lowest BCUT2D eigenvalue weighted by atomic mass is 10.1. The number of hydrogen-bond acceptors (Lipinski definition) is 3. The van der Waals surface area contributed by atoms with Gasteiger partial charge < -0.3 is 10.6 Å². The highest BCUT2D eigenvalue weighted by molar-refractivity contribution is 9.10. The van der Waals surface area contributed by atoms with Gasteiger partial charge in [-0.1, -0.05) is 22.0 Å². The van der Waals surface area contributed by atoms with Crippen molar-refractivity contribution in [3.05, 3.63) is 50.1 Å². The lowest BCUT2D eigenvalue weighted by Crippen LogP contribution is -2.38. The Morgan fingerprint density at radius 2 is 2.08 bits per heavy atom. The summed E-state index contributed by atoms with van der Waals surface area (Å²) < 4.78 is 14.5. The predicted molar refractivity (Wildman–Crippen MR) is 102 cm³/mol. The van der Waals surface area contributed by atoms with E-state index < -0.39 is 0 Å². The molecule has 130 valence electrons. The topological polar surface area (TPSA) is 49.3 Å². The maximum absolute atomic E-state index is 13.7. The second-order valence-corrected chi connectivity index (χ2v) is 7.35. The monoisotopic (exact) mass is 412 g/mol. The van der Waals surface area contributed by atoms with Crippen molar-refractivity contribution in [2.75, 3.05) is 20.1 Å². The third-order valence-electron chi connectivity index (χ3n) is 3.49. The van der Waals surface area contributed by atoms with Gasteiger partial charge in [-0.25, -0.2) is 9.37 Å². The van der Waals surface area contributed by atoms with Crippen LogP contribution in [0, 0.1) is 12.7 Å². The van der Waals surface area contributed by atoms with Crippen LogP contribution in [0.1, 0.15) is 22.7 Å². The van der Waals surface area contributed by atoms with E-state index >= 15 is 0 Å². The van der Waals surface area contributed by atoms with Crippen molar-refractivity contribution < 1.29 is 4.39 Å². The molecular weight excluding hydrogens is 391 g/mol. The van der Waals surface area contributed by atoms with Crippen LogP contribution in [-0.2, 0) is 12.8 Å². The van der Waals surface area contributed by atoms with Gasteiger partial charge in [0.05, 0.1) is 10.7 Å². The Bertz CT molecular complexity index is 687. The van der Waals surface area contributed by atoms with Gasteiger partial charge in [-0.15, -0.1) is 11.3 Å². The summed E-state index contributed by atoms with van der Waals surface area (Å²) in [4.78, 5) is 8.63. The van der Waals surface area contributed by atoms with Gasteiger partial charge in [0.25, 0.3) is 0 Å². The molecule has 4 nitrogen and oxygen atoms in total. The summed E-state index contributed by atoms with van der Waals surface area (Å²) in [7, 11) is 1.75. The Kier molecular flexibility index (Phi) is 7.65. The standard InChI is InChI=1S/C17H22BrFN4S/c1-12-23-15(11-24-12)7-9-22-17(20-2)21-8-3-4-13-5-6-14(18)10-16(13)19/h5-6,10-11H,3-4,7-9H2,1-2H3,(H2,20,21,22). The third-order valence-corrected chi connectivity index (χ3v) is 4.81. The van der Waals surface area contributed by atoms with E-state index in [1.807, 2.05) is 19.1 Å². The first kappa shape index (κ1) is 18.9. The van der Waals surface area contributed by atoms with Crippen molar-refractivity contribution in [3.8, 4) is 0 Å². The molecule has 0 radical (unpaired) electrons. The summed E-state index contributed by atoms with van der Waals surface area (Å²) in [5.41, 5.74) is 1.84. The Morgan fingerprint density at radius 1 is 1.29 bits per heavy atom. The number of guanidine groups is 1. The summed E-state index contributed by atoms with van der Waals surface area (Å²) in [6.07, 6.45) is 2.40. The van der Waals surface area contributed by atoms with Gasteiger partial charge in [-0.05, 0) is 37.5 Å². The van der Waals surface area contributed by atoms with E-state index in [0.717, 1.165) is 52.6 Å². The van der Waals surface area contributed by atoms with E-state index in [4.69, 9.17) is 0 Å². The van der Waals surface area contributed by atoms with Crippen LogP contribution in [0.4, 0.5) is 4.39 Å². The molecule has 0 fully saturated rings. The molecule has 0 saturated carbocycles. The molecule has 0 aliphatic heterocycles. The Labute approximate surface area is 154 Å². The van der Waals surface area contributed by atoms with Gasteiger partial charge in [0.15, 0.2) is 5.96 Å². The van der Waals surface area contributed by atoms with E-state index in [-0.39, 0.29) is 5.82 Å². The number of halogens is 2. The van der Waals surface area contributed by atoms with Gasteiger partial charge in [0, 0.05) is 36.4 Å². The van der Waals surface area contributed by atoms with Crippen molar-refractivity contribution in [3.63, 3.8) is 0 Å². The highest BCUT2D eigenvalue weighted by Crippen LogP contribution is 2.16. The average Bonchev–Trinajstić information content (AvgIpc) is 2.96. The summed E-state index contributed by atoms with van der Waals surface area (Å²) >= 11 is 4.94.